The topological polar surface area (TPSA) is 26.0 Å². The standard InChI is InChI=1S/C7H11F2N.C2H6/c8-7(9)3-6(4-7)1-5(10)2-6;1-2/h5H,1-4,10H2;1-2H3. The van der Waals surface area contributed by atoms with Crippen LogP contribution in [0.25, 0.3) is 0 Å². The van der Waals surface area contributed by atoms with Crippen LogP contribution in [0.4, 0.5) is 8.78 Å². The highest BCUT2D eigenvalue weighted by Crippen LogP contribution is 2.61. The second kappa shape index (κ2) is 2.95. The molecule has 0 amide bonds. The van der Waals surface area contributed by atoms with Crippen molar-refractivity contribution in [2.75, 3.05) is 0 Å². The summed E-state index contributed by atoms with van der Waals surface area (Å²) in [6.45, 7) is 4.00. The van der Waals surface area contributed by atoms with Crippen molar-refractivity contribution in [3.8, 4) is 0 Å². The second-order valence-corrected chi connectivity index (χ2v) is 3.88. The van der Waals surface area contributed by atoms with Gasteiger partial charge in [-0.2, -0.15) is 0 Å². The van der Waals surface area contributed by atoms with Gasteiger partial charge in [-0.1, -0.05) is 13.8 Å². The van der Waals surface area contributed by atoms with E-state index < -0.39 is 5.92 Å². The molecule has 2 saturated carbocycles. The van der Waals surface area contributed by atoms with E-state index in [4.69, 9.17) is 5.73 Å². The van der Waals surface area contributed by atoms with E-state index in [1.54, 1.807) is 0 Å². The maximum absolute atomic E-state index is 12.3. The fourth-order valence-corrected chi connectivity index (χ4v) is 2.39. The van der Waals surface area contributed by atoms with E-state index in [0.29, 0.717) is 0 Å². The van der Waals surface area contributed by atoms with Gasteiger partial charge in [0.25, 0.3) is 0 Å². The van der Waals surface area contributed by atoms with E-state index in [1.165, 1.54) is 0 Å². The SMILES string of the molecule is CC.NC1CC2(C1)CC(F)(F)C2. The van der Waals surface area contributed by atoms with Crippen LogP contribution in [0, 0.1) is 5.41 Å². The van der Waals surface area contributed by atoms with Crippen LogP contribution in [0.5, 0.6) is 0 Å². The molecule has 0 heterocycles. The minimum absolute atomic E-state index is 0.0249. The van der Waals surface area contributed by atoms with E-state index in [9.17, 15) is 8.78 Å². The van der Waals surface area contributed by atoms with Gasteiger partial charge in [-0.3, -0.25) is 0 Å². The third-order valence-corrected chi connectivity index (χ3v) is 2.66. The molecular weight excluding hydrogens is 160 g/mol. The zero-order chi connectivity index (χ0) is 9.41. The highest BCUT2D eigenvalue weighted by Gasteiger charge is 2.60. The summed E-state index contributed by atoms with van der Waals surface area (Å²) < 4.78 is 24.7. The average Bonchev–Trinajstić information content (AvgIpc) is 1.85. The number of rotatable bonds is 0. The van der Waals surface area contributed by atoms with E-state index in [-0.39, 0.29) is 24.3 Å². The van der Waals surface area contributed by atoms with Crippen molar-refractivity contribution in [3.63, 3.8) is 0 Å². The maximum atomic E-state index is 12.3. The van der Waals surface area contributed by atoms with Crippen LogP contribution in [0.15, 0.2) is 0 Å². The second-order valence-electron chi connectivity index (χ2n) is 3.88. The van der Waals surface area contributed by atoms with Gasteiger partial charge in [-0.05, 0) is 18.3 Å². The lowest BCUT2D eigenvalue weighted by atomic mass is 9.52. The Hall–Kier alpha value is -0.180. The summed E-state index contributed by atoms with van der Waals surface area (Å²) >= 11 is 0. The summed E-state index contributed by atoms with van der Waals surface area (Å²) in [7, 11) is 0. The quantitative estimate of drug-likeness (QED) is 0.604. The lowest BCUT2D eigenvalue weighted by Gasteiger charge is -2.56. The molecule has 72 valence electrons. The molecule has 2 N–H and O–H groups in total. The summed E-state index contributed by atoms with van der Waals surface area (Å²) in [4.78, 5) is 0. The van der Waals surface area contributed by atoms with E-state index in [1.807, 2.05) is 13.8 Å². The predicted molar refractivity (Wildman–Crippen MR) is 45.2 cm³/mol. The highest BCUT2D eigenvalue weighted by atomic mass is 19.3. The van der Waals surface area contributed by atoms with Gasteiger partial charge < -0.3 is 5.73 Å². The van der Waals surface area contributed by atoms with Crippen LogP contribution >= 0.6 is 0 Å². The minimum Gasteiger partial charge on any atom is -0.328 e. The van der Waals surface area contributed by atoms with Gasteiger partial charge in [0.1, 0.15) is 0 Å². The molecule has 0 aromatic rings. The van der Waals surface area contributed by atoms with Gasteiger partial charge in [-0.25, -0.2) is 8.78 Å². The minimum atomic E-state index is -2.36. The van der Waals surface area contributed by atoms with Gasteiger partial charge in [0.05, 0.1) is 0 Å². The lowest BCUT2D eigenvalue weighted by Crippen LogP contribution is -2.57. The molecule has 3 heteroatoms. The van der Waals surface area contributed by atoms with Crippen molar-refractivity contribution in [2.45, 2.75) is 51.5 Å². The molecule has 0 saturated heterocycles. The van der Waals surface area contributed by atoms with Crippen LogP contribution in [-0.4, -0.2) is 12.0 Å². The van der Waals surface area contributed by atoms with Crippen molar-refractivity contribution < 1.29 is 8.78 Å². The number of halogens is 2. The first-order valence-electron chi connectivity index (χ1n) is 4.65. The molecule has 12 heavy (non-hydrogen) atoms. The summed E-state index contributed by atoms with van der Waals surface area (Å²) in [5.74, 6) is -2.36. The highest BCUT2D eigenvalue weighted by molar-refractivity contribution is 5.07. The molecule has 0 aromatic heterocycles. The lowest BCUT2D eigenvalue weighted by molar-refractivity contribution is -0.195. The van der Waals surface area contributed by atoms with Crippen molar-refractivity contribution in [3.05, 3.63) is 0 Å². The average molecular weight is 177 g/mol. The summed E-state index contributed by atoms with van der Waals surface area (Å²) in [6, 6.07) is 0.205. The van der Waals surface area contributed by atoms with Crippen molar-refractivity contribution in [1.82, 2.24) is 0 Å². The monoisotopic (exact) mass is 177 g/mol. The molecule has 2 rings (SSSR count). The zero-order valence-corrected chi connectivity index (χ0v) is 7.74. The first-order valence-corrected chi connectivity index (χ1v) is 4.65. The molecule has 0 aliphatic heterocycles. The Balaban J connectivity index is 0.000000336. The molecular formula is C9H17F2N. The normalized spacial score (nSPS) is 29.8. The Labute approximate surface area is 72.3 Å². The Morgan fingerprint density at radius 3 is 1.83 bits per heavy atom. The van der Waals surface area contributed by atoms with Crippen LogP contribution in [0.1, 0.15) is 39.5 Å². The summed E-state index contributed by atoms with van der Waals surface area (Å²) in [6.07, 6.45) is 1.83. The fraction of sp³-hybridized carbons (Fsp3) is 1.00. The predicted octanol–water partition coefficient (Wildman–Crippen LogP) is 2.55. The van der Waals surface area contributed by atoms with Crippen molar-refractivity contribution in [2.24, 2.45) is 11.1 Å². The number of alkyl halides is 2. The Morgan fingerprint density at radius 2 is 1.58 bits per heavy atom. The Morgan fingerprint density at radius 1 is 1.17 bits per heavy atom. The van der Waals surface area contributed by atoms with Gasteiger partial charge in [0.15, 0.2) is 0 Å². The molecule has 2 aliphatic rings. The molecule has 0 unspecified atom stereocenters. The van der Waals surface area contributed by atoms with Crippen LogP contribution in [-0.2, 0) is 0 Å². The first-order chi connectivity index (χ1) is 5.52. The first kappa shape index (κ1) is 9.90. The van der Waals surface area contributed by atoms with Gasteiger partial charge in [0.2, 0.25) is 5.92 Å². The van der Waals surface area contributed by atoms with E-state index in [0.717, 1.165) is 12.8 Å². The van der Waals surface area contributed by atoms with E-state index in [2.05, 4.69) is 0 Å². The molecule has 0 radical (unpaired) electrons. The third kappa shape index (κ3) is 1.60. The molecule has 0 aromatic carbocycles. The number of nitrogens with two attached hydrogens (primary N) is 1. The Bertz CT molecular complexity index is 152. The van der Waals surface area contributed by atoms with Gasteiger partial charge >= 0.3 is 0 Å². The number of hydrogen-bond acceptors (Lipinski definition) is 1. The van der Waals surface area contributed by atoms with Crippen LogP contribution < -0.4 is 5.73 Å². The van der Waals surface area contributed by atoms with Crippen LogP contribution in [0.3, 0.4) is 0 Å². The maximum Gasteiger partial charge on any atom is 0.249 e. The molecule has 0 atom stereocenters. The van der Waals surface area contributed by atoms with Gasteiger partial charge in [0, 0.05) is 18.9 Å². The largest absolute Gasteiger partial charge is 0.328 e. The third-order valence-electron chi connectivity index (χ3n) is 2.66. The van der Waals surface area contributed by atoms with Gasteiger partial charge in [-0.15, -0.1) is 0 Å². The molecule has 1 spiro atoms. The number of hydrogen-bond donors (Lipinski definition) is 1. The summed E-state index contributed by atoms with van der Waals surface area (Å²) in [5, 5.41) is 0. The van der Waals surface area contributed by atoms with E-state index >= 15 is 0 Å². The summed E-state index contributed by atoms with van der Waals surface area (Å²) in [5.41, 5.74) is 5.48. The molecule has 2 aliphatic carbocycles. The molecule has 2 fully saturated rings. The fourth-order valence-electron chi connectivity index (χ4n) is 2.39. The van der Waals surface area contributed by atoms with Crippen molar-refractivity contribution >= 4 is 0 Å². The van der Waals surface area contributed by atoms with Crippen LogP contribution in [0.2, 0.25) is 0 Å². The Kier molecular flexibility index (Phi) is 2.43. The molecule has 0 bridgehead atoms. The smallest absolute Gasteiger partial charge is 0.249 e. The zero-order valence-electron chi connectivity index (χ0n) is 7.74. The molecule has 1 nitrogen and oxygen atoms in total. The van der Waals surface area contributed by atoms with Crippen molar-refractivity contribution in [1.29, 1.82) is 0 Å².